The highest BCUT2D eigenvalue weighted by molar-refractivity contribution is 6.31. The van der Waals surface area contributed by atoms with Gasteiger partial charge < -0.3 is 20.4 Å². The second kappa shape index (κ2) is 12.8. The monoisotopic (exact) mass is 628 g/mol. The fraction of sp³-hybridized carbons (Fsp3) is 0.367. The van der Waals surface area contributed by atoms with E-state index in [1.807, 2.05) is 6.07 Å². The Morgan fingerprint density at radius 1 is 1.14 bits per heavy atom. The van der Waals surface area contributed by atoms with E-state index >= 15 is 0 Å². The van der Waals surface area contributed by atoms with Crippen LogP contribution in [0.3, 0.4) is 0 Å². The van der Waals surface area contributed by atoms with E-state index in [9.17, 15) is 38.2 Å². The van der Waals surface area contributed by atoms with Crippen molar-refractivity contribution in [3.05, 3.63) is 82.9 Å². The number of carbonyl (C=O) groups is 2. The maximum absolute atomic E-state index is 14.6. The number of carbonyl (C=O) groups excluding carboxylic acids is 2. The topological polar surface area (TPSA) is 143 Å². The molecule has 2 aromatic carbocycles. The van der Waals surface area contributed by atoms with E-state index in [2.05, 4.69) is 15.3 Å². The molecule has 3 N–H and O–H groups in total. The van der Waals surface area contributed by atoms with Gasteiger partial charge in [0.15, 0.2) is 6.23 Å². The number of alkyl halides is 2. The predicted molar refractivity (Wildman–Crippen MR) is 153 cm³/mol. The molecule has 14 heteroatoms. The first-order valence-corrected chi connectivity index (χ1v) is 14.3. The molecule has 1 aromatic heterocycles. The van der Waals surface area contributed by atoms with Gasteiger partial charge in [-0.25, -0.2) is 23.1 Å². The average Bonchev–Trinajstić information content (AvgIpc) is 3.30. The Bertz CT molecular complexity index is 1580. The molecular formula is C30H28ClF3N6O4. The van der Waals surface area contributed by atoms with Crippen LogP contribution < -0.4 is 15.1 Å². The summed E-state index contributed by atoms with van der Waals surface area (Å²) in [6.45, 7) is 0. The van der Waals surface area contributed by atoms with Crippen molar-refractivity contribution in [1.29, 1.82) is 5.26 Å². The van der Waals surface area contributed by atoms with Gasteiger partial charge in [0.2, 0.25) is 17.8 Å². The molecule has 4 atom stereocenters. The van der Waals surface area contributed by atoms with Crippen LogP contribution >= 0.6 is 11.6 Å². The molecule has 1 aliphatic heterocycles. The van der Waals surface area contributed by atoms with Gasteiger partial charge >= 0.3 is 0 Å². The summed E-state index contributed by atoms with van der Waals surface area (Å²) >= 11 is 6.54. The van der Waals surface area contributed by atoms with Crippen molar-refractivity contribution < 1.29 is 33.0 Å². The lowest BCUT2D eigenvalue weighted by atomic mass is 9.91. The molecule has 10 nitrogen and oxygen atoms in total. The highest BCUT2D eigenvalue weighted by Gasteiger charge is 2.49. The van der Waals surface area contributed by atoms with Crippen molar-refractivity contribution in [2.24, 2.45) is 0 Å². The minimum absolute atomic E-state index is 0.00323. The third kappa shape index (κ3) is 6.47. The maximum Gasteiger partial charge on any atom is 0.251 e. The Hall–Kier alpha value is -4.25. The number of hydrogen-bond donors (Lipinski definition) is 3. The molecule has 2 amide bonds. The predicted octanol–water partition coefficient (Wildman–Crippen LogP) is 3.87. The molecule has 44 heavy (non-hydrogen) atoms. The van der Waals surface area contributed by atoms with Gasteiger partial charge in [0.25, 0.3) is 5.91 Å². The minimum Gasteiger partial charge on any atom is -0.388 e. The molecule has 3 aromatic rings. The smallest absolute Gasteiger partial charge is 0.251 e. The van der Waals surface area contributed by atoms with Crippen molar-refractivity contribution in [2.75, 3.05) is 9.80 Å². The lowest BCUT2D eigenvalue weighted by molar-refractivity contribution is -0.128. The zero-order valence-corrected chi connectivity index (χ0v) is 23.9. The number of amides is 2. The molecule has 2 heterocycles. The Balaban J connectivity index is 1.60. The minimum atomic E-state index is -2.84. The van der Waals surface area contributed by atoms with Crippen LogP contribution in [0.25, 0.3) is 0 Å². The molecule has 1 saturated heterocycles. The molecule has 230 valence electrons. The summed E-state index contributed by atoms with van der Waals surface area (Å²) in [4.78, 5) is 38.9. The summed E-state index contributed by atoms with van der Waals surface area (Å²) in [6.07, 6.45) is -3.04. The lowest BCUT2D eigenvalue weighted by Gasteiger charge is -2.37. The van der Waals surface area contributed by atoms with Crippen LogP contribution in [0, 0.1) is 17.1 Å². The number of aliphatic hydroxyl groups is 2. The number of halogens is 4. The van der Waals surface area contributed by atoms with Crippen molar-refractivity contribution in [3.8, 4) is 6.07 Å². The molecule has 1 saturated carbocycles. The van der Waals surface area contributed by atoms with Crippen LogP contribution in [0.5, 0.6) is 0 Å². The van der Waals surface area contributed by atoms with E-state index < -0.39 is 66.9 Å². The second-order valence-corrected chi connectivity index (χ2v) is 11.2. The molecule has 5 rings (SSSR count). The first kappa shape index (κ1) is 31.2. The highest BCUT2D eigenvalue weighted by Crippen LogP contribution is 2.38. The van der Waals surface area contributed by atoms with E-state index in [4.69, 9.17) is 11.6 Å². The third-order valence-corrected chi connectivity index (χ3v) is 8.14. The standard InChI is InChI=1S/C30H28ClF3N6O4/c31-22-7-2-1-6-21(22)25(26(42)37-18-8-11-30(33,34)12-9-18)39(20-5-3-4-17(32)14-20)27(43)23-15-24(41)28(44)40(23)29-36-13-10-19(16-35)38-29/h1-7,10,13-14,18,23-25,28,41,44H,8-9,11-12,15H2,(H,37,42). The first-order valence-electron chi connectivity index (χ1n) is 13.9. The lowest BCUT2D eigenvalue weighted by Crippen LogP contribution is -2.54. The van der Waals surface area contributed by atoms with Gasteiger partial charge in [-0.1, -0.05) is 35.9 Å². The summed E-state index contributed by atoms with van der Waals surface area (Å²) in [6, 6.07) is 10.8. The second-order valence-electron chi connectivity index (χ2n) is 10.7. The van der Waals surface area contributed by atoms with Crippen LogP contribution in [-0.2, 0) is 9.59 Å². The summed E-state index contributed by atoms with van der Waals surface area (Å²) < 4.78 is 42.3. The van der Waals surface area contributed by atoms with Crippen molar-refractivity contribution in [2.45, 2.75) is 68.5 Å². The number of nitriles is 1. The summed E-state index contributed by atoms with van der Waals surface area (Å²) in [5.41, 5.74) is 0.0507. The molecule has 4 unspecified atom stereocenters. The van der Waals surface area contributed by atoms with Gasteiger partial charge in [-0.3, -0.25) is 14.5 Å². The number of rotatable bonds is 7. The van der Waals surface area contributed by atoms with Crippen LogP contribution in [0.4, 0.5) is 24.8 Å². The quantitative estimate of drug-likeness (QED) is 0.358. The Kier molecular flexibility index (Phi) is 9.05. The van der Waals surface area contributed by atoms with Crippen LogP contribution in [0.1, 0.15) is 49.4 Å². The Morgan fingerprint density at radius 3 is 2.55 bits per heavy atom. The largest absolute Gasteiger partial charge is 0.388 e. The van der Waals surface area contributed by atoms with E-state index in [1.165, 1.54) is 36.5 Å². The molecule has 2 fully saturated rings. The Labute approximate surface area is 255 Å². The first-order chi connectivity index (χ1) is 21.0. The van der Waals surface area contributed by atoms with E-state index in [0.29, 0.717) is 0 Å². The zero-order valence-electron chi connectivity index (χ0n) is 23.2. The number of aliphatic hydroxyl groups excluding tert-OH is 2. The number of hydrogen-bond acceptors (Lipinski definition) is 8. The Morgan fingerprint density at radius 2 is 1.86 bits per heavy atom. The third-order valence-electron chi connectivity index (χ3n) is 7.80. The van der Waals surface area contributed by atoms with Crippen LogP contribution in [0.2, 0.25) is 5.02 Å². The van der Waals surface area contributed by atoms with Gasteiger partial charge in [0, 0.05) is 47.8 Å². The van der Waals surface area contributed by atoms with Gasteiger partial charge in [-0.05, 0) is 43.2 Å². The van der Waals surface area contributed by atoms with E-state index in [0.717, 1.165) is 21.9 Å². The normalized spacial score (nSPS) is 22.2. The zero-order chi connectivity index (χ0) is 31.6. The number of nitrogens with zero attached hydrogens (tertiary/aromatic N) is 5. The molecule has 0 radical (unpaired) electrons. The van der Waals surface area contributed by atoms with Gasteiger partial charge in [-0.2, -0.15) is 5.26 Å². The number of nitrogens with one attached hydrogen (secondary N) is 1. The fourth-order valence-corrected chi connectivity index (χ4v) is 5.83. The summed E-state index contributed by atoms with van der Waals surface area (Å²) in [7, 11) is 0. The highest BCUT2D eigenvalue weighted by atomic mass is 35.5. The number of anilines is 2. The molecule has 0 bridgehead atoms. The number of aromatic nitrogens is 2. The van der Waals surface area contributed by atoms with Crippen LogP contribution in [-0.4, -0.2) is 62.3 Å². The van der Waals surface area contributed by atoms with Crippen molar-refractivity contribution >= 4 is 35.1 Å². The molecular weight excluding hydrogens is 601 g/mol. The summed E-state index contributed by atoms with van der Waals surface area (Å²) in [5, 5.41) is 33.7. The van der Waals surface area contributed by atoms with Gasteiger partial charge in [0.1, 0.15) is 35.8 Å². The van der Waals surface area contributed by atoms with E-state index in [-0.39, 0.29) is 47.2 Å². The van der Waals surface area contributed by atoms with Crippen LogP contribution in [0.15, 0.2) is 60.8 Å². The van der Waals surface area contributed by atoms with Crippen molar-refractivity contribution in [3.63, 3.8) is 0 Å². The SMILES string of the molecule is N#Cc1ccnc(N2C(C(=O)N(c3cccc(F)c3)C(C(=O)NC3CCC(F)(F)CC3)c3ccccc3Cl)CC(O)C2O)n1. The molecule has 2 aliphatic rings. The fourth-order valence-electron chi connectivity index (χ4n) is 5.60. The van der Waals surface area contributed by atoms with Gasteiger partial charge in [-0.15, -0.1) is 0 Å². The van der Waals surface area contributed by atoms with E-state index in [1.54, 1.807) is 12.1 Å². The molecule has 1 aliphatic carbocycles. The maximum atomic E-state index is 14.6. The summed E-state index contributed by atoms with van der Waals surface area (Å²) in [5.74, 6) is -5.40. The molecule has 0 spiro atoms. The average molecular weight is 629 g/mol. The number of benzene rings is 2. The van der Waals surface area contributed by atoms with Crippen molar-refractivity contribution in [1.82, 2.24) is 15.3 Å². The van der Waals surface area contributed by atoms with Gasteiger partial charge in [0.05, 0.1) is 0 Å².